The number of rotatable bonds is 6. The Balaban J connectivity index is 1.75. The molecule has 1 saturated carbocycles. The fourth-order valence-electron chi connectivity index (χ4n) is 3.07. The number of hydrogen-bond acceptors (Lipinski definition) is 4. The number of hydrogen-bond donors (Lipinski definition) is 1. The highest BCUT2D eigenvalue weighted by molar-refractivity contribution is 5.76. The second-order valence-corrected chi connectivity index (χ2v) is 6.54. The van der Waals surface area contributed by atoms with Crippen molar-refractivity contribution < 1.29 is 4.79 Å². The summed E-state index contributed by atoms with van der Waals surface area (Å²) in [5.41, 5.74) is -0.350. The predicted octanol–water partition coefficient (Wildman–Crippen LogP) is 0.750. The number of nitriles is 1. The van der Waals surface area contributed by atoms with Crippen LogP contribution in [0.2, 0.25) is 0 Å². The first kappa shape index (κ1) is 17.7. The van der Waals surface area contributed by atoms with Gasteiger partial charge in [-0.25, -0.2) is 9.36 Å². The summed E-state index contributed by atoms with van der Waals surface area (Å²) in [5, 5.41) is 11.9. The molecule has 7 heteroatoms. The Kier molecular flexibility index (Phi) is 4.76. The van der Waals surface area contributed by atoms with E-state index in [4.69, 9.17) is 5.26 Å². The summed E-state index contributed by atoms with van der Waals surface area (Å²) in [5.74, 6) is -0.413. The van der Waals surface area contributed by atoms with Gasteiger partial charge in [0.1, 0.15) is 18.2 Å². The highest BCUT2D eigenvalue weighted by Crippen LogP contribution is 2.47. The van der Waals surface area contributed by atoms with Gasteiger partial charge < -0.3 is 5.32 Å². The lowest BCUT2D eigenvalue weighted by Gasteiger charge is -2.17. The van der Waals surface area contributed by atoms with Crippen LogP contribution in [0.3, 0.4) is 0 Å². The van der Waals surface area contributed by atoms with Gasteiger partial charge in [0, 0.05) is 24.7 Å². The van der Waals surface area contributed by atoms with E-state index in [0.717, 1.165) is 17.4 Å². The molecule has 0 saturated heterocycles. The second-order valence-electron chi connectivity index (χ2n) is 6.54. The maximum absolute atomic E-state index is 12.3. The van der Waals surface area contributed by atoms with E-state index in [9.17, 15) is 14.4 Å². The van der Waals surface area contributed by atoms with Crippen LogP contribution in [0, 0.1) is 11.3 Å². The van der Waals surface area contributed by atoms with E-state index in [1.54, 1.807) is 13.0 Å². The number of amides is 1. The highest BCUT2D eigenvalue weighted by atomic mass is 16.2. The molecule has 0 atom stereocenters. The highest BCUT2D eigenvalue weighted by Gasteiger charge is 2.44. The van der Waals surface area contributed by atoms with Gasteiger partial charge in [0.2, 0.25) is 5.91 Å². The fourth-order valence-corrected chi connectivity index (χ4v) is 3.07. The smallest absolute Gasteiger partial charge is 0.331 e. The maximum atomic E-state index is 12.3. The summed E-state index contributed by atoms with van der Waals surface area (Å²) in [7, 11) is 0. The normalized spacial score (nSPS) is 14.5. The molecule has 1 fully saturated rings. The van der Waals surface area contributed by atoms with E-state index in [1.807, 2.05) is 30.3 Å². The number of nitrogens with one attached hydrogen (secondary N) is 1. The molecule has 7 nitrogen and oxygen atoms in total. The summed E-state index contributed by atoms with van der Waals surface area (Å²) < 4.78 is 2.07. The Labute approximate surface area is 150 Å². The first-order chi connectivity index (χ1) is 12.5. The van der Waals surface area contributed by atoms with E-state index < -0.39 is 23.7 Å². The van der Waals surface area contributed by atoms with Crippen molar-refractivity contribution in [3.05, 3.63) is 68.5 Å². The SMILES string of the molecule is CCn1cc(C#N)c(=O)n(CC(=O)NCC2(c3ccccc3)CC2)c1=O. The van der Waals surface area contributed by atoms with Crippen LogP contribution in [-0.4, -0.2) is 21.6 Å². The second kappa shape index (κ2) is 7.00. The van der Waals surface area contributed by atoms with Crippen molar-refractivity contribution in [1.82, 2.24) is 14.5 Å². The topological polar surface area (TPSA) is 96.9 Å². The van der Waals surface area contributed by atoms with Crippen LogP contribution in [0.4, 0.5) is 0 Å². The summed E-state index contributed by atoms with van der Waals surface area (Å²) in [4.78, 5) is 36.8. The predicted molar refractivity (Wildman–Crippen MR) is 95.7 cm³/mol. The van der Waals surface area contributed by atoms with Crippen LogP contribution in [0.25, 0.3) is 0 Å². The zero-order valence-electron chi connectivity index (χ0n) is 14.6. The molecule has 26 heavy (non-hydrogen) atoms. The van der Waals surface area contributed by atoms with Gasteiger partial charge >= 0.3 is 5.69 Å². The third kappa shape index (κ3) is 3.31. The van der Waals surface area contributed by atoms with Crippen molar-refractivity contribution in [2.75, 3.05) is 6.54 Å². The van der Waals surface area contributed by atoms with Gasteiger partial charge in [0.25, 0.3) is 5.56 Å². The molecule has 0 aliphatic heterocycles. The first-order valence-electron chi connectivity index (χ1n) is 8.57. The van der Waals surface area contributed by atoms with Crippen molar-refractivity contribution >= 4 is 5.91 Å². The standard InChI is InChI=1S/C19H20N4O3/c1-2-22-11-14(10-20)17(25)23(18(22)26)12-16(24)21-13-19(8-9-19)15-6-4-3-5-7-15/h3-7,11H,2,8-9,12-13H2,1H3,(H,21,24). The molecule has 0 radical (unpaired) electrons. The van der Waals surface area contributed by atoms with Crippen LogP contribution >= 0.6 is 0 Å². The maximum Gasteiger partial charge on any atom is 0.331 e. The quantitative estimate of drug-likeness (QED) is 0.829. The summed E-state index contributed by atoms with van der Waals surface area (Å²) in [6.07, 6.45) is 3.21. The molecule has 1 aromatic heterocycles. The van der Waals surface area contributed by atoms with Crippen molar-refractivity contribution in [2.24, 2.45) is 0 Å². The lowest BCUT2D eigenvalue weighted by atomic mass is 9.96. The van der Waals surface area contributed by atoms with E-state index in [1.165, 1.54) is 16.3 Å². The zero-order valence-corrected chi connectivity index (χ0v) is 14.6. The largest absolute Gasteiger partial charge is 0.354 e. The van der Waals surface area contributed by atoms with E-state index in [2.05, 4.69) is 5.32 Å². The Bertz CT molecular complexity index is 979. The molecule has 0 unspecified atom stereocenters. The number of aryl methyl sites for hydroxylation is 1. The van der Waals surface area contributed by atoms with Gasteiger partial charge in [-0.2, -0.15) is 5.26 Å². The van der Waals surface area contributed by atoms with Crippen LogP contribution < -0.4 is 16.6 Å². The van der Waals surface area contributed by atoms with Gasteiger partial charge in [0.05, 0.1) is 0 Å². The summed E-state index contributed by atoms with van der Waals surface area (Å²) in [6.45, 7) is 2.11. The fraction of sp³-hybridized carbons (Fsp3) is 0.368. The number of benzene rings is 1. The van der Waals surface area contributed by atoms with Crippen molar-refractivity contribution in [2.45, 2.75) is 38.3 Å². The van der Waals surface area contributed by atoms with E-state index in [-0.39, 0.29) is 11.0 Å². The molecule has 1 N–H and O–H groups in total. The number of carbonyl (C=O) groups is 1. The first-order valence-corrected chi connectivity index (χ1v) is 8.57. The minimum atomic E-state index is -0.735. The Morgan fingerprint density at radius 1 is 1.27 bits per heavy atom. The molecule has 1 aliphatic carbocycles. The monoisotopic (exact) mass is 352 g/mol. The van der Waals surface area contributed by atoms with Crippen LogP contribution in [-0.2, 0) is 23.3 Å². The van der Waals surface area contributed by atoms with Crippen LogP contribution in [0.15, 0.2) is 46.1 Å². The van der Waals surface area contributed by atoms with Gasteiger partial charge in [0.15, 0.2) is 0 Å². The number of aromatic nitrogens is 2. The van der Waals surface area contributed by atoms with Gasteiger partial charge in [-0.1, -0.05) is 30.3 Å². The molecule has 2 aromatic rings. The molecule has 1 aromatic carbocycles. The molecule has 134 valence electrons. The number of carbonyl (C=O) groups excluding carboxylic acids is 1. The minimum Gasteiger partial charge on any atom is -0.354 e. The Morgan fingerprint density at radius 2 is 1.96 bits per heavy atom. The summed E-state index contributed by atoms with van der Waals surface area (Å²) >= 11 is 0. The third-order valence-electron chi connectivity index (χ3n) is 4.86. The van der Waals surface area contributed by atoms with Gasteiger partial charge in [-0.3, -0.25) is 14.2 Å². The van der Waals surface area contributed by atoms with Gasteiger partial charge in [-0.05, 0) is 25.3 Å². The Morgan fingerprint density at radius 3 is 2.54 bits per heavy atom. The van der Waals surface area contributed by atoms with Crippen LogP contribution in [0.1, 0.15) is 30.9 Å². The van der Waals surface area contributed by atoms with Crippen molar-refractivity contribution in [3.8, 4) is 6.07 Å². The molecular formula is C19H20N4O3. The van der Waals surface area contributed by atoms with Crippen molar-refractivity contribution in [1.29, 1.82) is 5.26 Å². The lowest BCUT2D eigenvalue weighted by Crippen LogP contribution is -2.45. The lowest BCUT2D eigenvalue weighted by molar-refractivity contribution is -0.121. The molecule has 3 rings (SSSR count). The number of nitrogens with zero attached hydrogens (tertiary/aromatic N) is 3. The van der Waals surface area contributed by atoms with E-state index >= 15 is 0 Å². The molecule has 1 aliphatic rings. The third-order valence-corrected chi connectivity index (χ3v) is 4.86. The molecule has 1 amide bonds. The summed E-state index contributed by atoms with van der Waals surface area (Å²) in [6, 6.07) is 11.7. The minimum absolute atomic E-state index is 0.0555. The van der Waals surface area contributed by atoms with Crippen LogP contribution in [0.5, 0.6) is 0 Å². The van der Waals surface area contributed by atoms with E-state index in [0.29, 0.717) is 13.1 Å². The molecule has 1 heterocycles. The average molecular weight is 352 g/mol. The molecular weight excluding hydrogens is 332 g/mol. The Hall–Kier alpha value is -3.14. The molecule has 0 bridgehead atoms. The average Bonchev–Trinajstić information content (AvgIpc) is 3.46. The van der Waals surface area contributed by atoms with Gasteiger partial charge in [-0.15, -0.1) is 0 Å². The zero-order chi connectivity index (χ0) is 18.7. The molecule has 0 spiro atoms. The van der Waals surface area contributed by atoms with Crippen molar-refractivity contribution in [3.63, 3.8) is 0 Å².